The van der Waals surface area contributed by atoms with Crippen LogP contribution in [0.1, 0.15) is 28.8 Å². The molecule has 2 aromatic heterocycles. The standard InChI is InChI=1S/C20H20N4O2S2/c1-4-14-9-18(15-5-7-16(8-6-15)28(3,25)26)24-20(17(14)10-21)22-11-19-23-13(2)12-27-19/h5-9,12H,4,11H2,1-3H3,(H,22,24). The van der Waals surface area contributed by atoms with Crippen molar-refractivity contribution in [3.8, 4) is 17.3 Å². The molecule has 0 aliphatic rings. The first-order valence-electron chi connectivity index (χ1n) is 8.71. The van der Waals surface area contributed by atoms with Crippen LogP contribution in [0, 0.1) is 18.3 Å². The van der Waals surface area contributed by atoms with Crippen molar-refractivity contribution in [2.24, 2.45) is 0 Å². The fourth-order valence-electron chi connectivity index (χ4n) is 2.79. The van der Waals surface area contributed by atoms with Gasteiger partial charge in [-0.05, 0) is 37.1 Å². The molecule has 0 radical (unpaired) electrons. The van der Waals surface area contributed by atoms with E-state index in [1.54, 1.807) is 35.6 Å². The van der Waals surface area contributed by atoms with Crippen LogP contribution in [0.4, 0.5) is 5.82 Å². The van der Waals surface area contributed by atoms with Gasteiger partial charge in [0, 0.05) is 22.9 Å². The van der Waals surface area contributed by atoms with Gasteiger partial charge in [-0.3, -0.25) is 0 Å². The van der Waals surface area contributed by atoms with Crippen LogP contribution in [-0.4, -0.2) is 24.6 Å². The Morgan fingerprint density at radius 2 is 1.93 bits per heavy atom. The molecule has 8 heteroatoms. The smallest absolute Gasteiger partial charge is 0.175 e. The molecule has 0 aliphatic heterocycles. The second kappa shape index (κ2) is 8.09. The summed E-state index contributed by atoms with van der Waals surface area (Å²) in [5.41, 5.74) is 3.85. The summed E-state index contributed by atoms with van der Waals surface area (Å²) in [6.07, 6.45) is 1.87. The zero-order valence-electron chi connectivity index (χ0n) is 15.9. The molecule has 0 amide bonds. The number of thiazole rings is 1. The summed E-state index contributed by atoms with van der Waals surface area (Å²) in [4.78, 5) is 9.32. The Labute approximate surface area is 168 Å². The molecule has 0 aliphatic carbocycles. The number of aryl methyl sites for hydroxylation is 2. The maximum atomic E-state index is 11.7. The third-order valence-corrected chi connectivity index (χ3v) is 6.34. The number of hydrogen-bond acceptors (Lipinski definition) is 7. The lowest BCUT2D eigenvalue weighted by molar-refractivity contribution is 0.602. The third-order valence-electron chi connectivity index (χ3n) is 4.25. The minimum atomic E-state index is -3.25. The molecular weight excluding hydrogens is 392 g/mol. The fourth-order valence-corrected chi connectivity index (χ4v) is 4.14. The van der Waals surface area contributed by atoms with Crippen LogP contribution in [0.15, 0.2) is 40.6 Å². The molecule has 0 atom stereocenters. The van der Waals surface area contributed by atoms with Gasteiger partial charge < -0.3 is 5.32 Å². The number of rotatable bonds is 6. The molecule has 0 bridgehead atoms. The van der Waals surface area contributed by atoms with Crippen molar-refractivity contribution < 1.29 is 8.42 Å². The number of nitrogens with one attached hydrogen (secondary N) is 1. The Hall–Kier alpha value is -2.76. The van der Waals surface area contributed by atoms with Gasteiger partial charge in [-0.2, -0.15) is 5.26 Å². The first-order valence-corrected chi connectivity index (χ1v) is 11.5. The van der Waals surface area contributed by atoms with Gasteiger partial charge in [0.15, 0.2) is 9.84 Å². The van der Waals surface area contributed by atoms with Crippen LogP contribution >= 0.6 is 11.3 Å². The molecule has 28 heavy (non-hydrogen) atoms. The van der Waals surface area contributed by atoms with E-state index in [0.717, 1.165) is 21.8 Å². The van der Waals surface area contributed by atoms with E-state index in [0.29, 0.717) is 30.0 Å². The van der Waals surface area contributed by atoms with Crippen molar-refractivity contribution >= 4 is 27.0 Å². The van der Waals surface area contributed by atoms with Crippen LogP contribution in [0.3, 0.4) is 0 Å². The Morgan fingerprint density at radius 1 is 1.21 bits per heavy atom. The molecule has 0 unspecified atom stereocenters. The van der Waals surface area contributed by atoms with Crippen LogP contribution in [0.5, 0.6) is 0 Å². The van der Waals surface area contributed by atoms with E-state index in [4.69, 9.17) is 0 Å². The largest absolute Gasteiger partial charge is 0.362 e. The first kappa shape index (κ1) is 20.0. The lowest BCUT2D eigenvalue weighted by Crippen LogP contribution is -2.06. The Balaban J connectivity index is 1.99. The van der Waals surface area contributed by atoms with E-state index in [1.807, 2.05) is 25.3 Å². The SMILES string of the molecule is CCc1cc(-c2ccc(S(C)(=O)=O)cc2)nc(NCc2nc(C)cs2)c1C#N. The van der Waals surface area contributed by atoms with E-state index in [1.165, 1.54) is 6.26 Å². The highest BCUT2D eigenvalue weighted by Gasteiger charge is 2.14. The van der Waals surface area contributed by atoms with Crippen LogP contribution in [-0.2, 0) is 22.8 Å². The van der Waals surface area contributed by atoms with E-state index in [9.17, 15) is 13.7 Å². The summed E-state index contributed by atoms with van der Waals surface area (Å²) >= 11 is 1.56. The maximum Gasteiger partial charge on any atom is 0.175 e. The molecule has 2 heterocycles. The summed E-state index contributed by atoms with van der Waals surface area (Å²) < 4.78 is 23.3. The lowest BCUT2D eigenvalue weighted by Gasteiger charge is -2.12. The number of nitriles is 1. The molecule has 6 nitrogen and oxygen atoms in total. The second-order valence-corrected chi connectivity index (χ2v) is 9.35. The predicted octanol–water partition coefficient (Wildman–Crippen LogP) is 3.96. The Morgan fingerprint density at radius 3 is 2.46 bits per heavy atom. The molecule has 0 saturated heterocycles. The molecule has 0 spiro atoms. The lowest BCUT2D eigenvalue weighted by atomic mass is 10.0. The third kappa shape index (κ3) is 4.38. The van der Waals surface area contributed by atoms with Gasteiger partial charge in [-0.1, -0.05) is 19.1 Å². The van der Waals surface area contributed by atoms with Gasteiger partial charge in [0.05, 0.1) is 22.7 Å². The zero-order valence-corrected chi connectivity index (χ0v) is 17.5. The van der Waals surface area contributed by atoms with Crippen molar-refractivity contribution in [2.75, 3.05) is 11.6 Å². The van der Waals surface area contributed by atoms with Gasteiger partial charge in [-0.15, -0.1) is 11.3 Å². The van der Waals surface area contributed by atoms with Crippen molar-refractivity contribution in [1.82, 2.24) is 9.97 Å². The molecular formula is C20H20N4O2S2. The minimum absolute atomic E-state index is 0.262. The van der Waals surface area contributed by atoms with Crippen molar-refractivity contribution in [3.63, 3.8) is 0 Å². The van der Waals surface area contributed by atoms with E-state index < -0.39 is 9.84 Å². The highest BCUT2D eigenvalue weighted by atomic mass is 32.2. The van der Waals surface area contributed by atoms with Crippen LogP contribution in [0.2, 0.25) is 0 Å². The number of sulfone groups is 1. The zero-order chi connectivity index (χ0) is 20.3. The average Bonchev–Trinajstić information content (AvgIpc) is 3.10. The number of pyridine rings is 1. The summed E-state index contributed by atoms with van der Waals surface area (Å²) in [5.74, 6) is 0.511. The average molecular weight is 413 g/mol. The van der Waals surface area contributed by atoms with Gasteiger partial charge in [-0.25, -0.2) is 18.4 Å². The van der Waals surface area contributed by atoms with E-state index >= 15 is 0 Å². The topological polar surface area (TPSA) is 95.7 Å². The van der Waals surface area contributed by atoms with Crippen molar-refractivity contribution in [3.05, 3.63) is 57.5 Å². The van der Waals surface area contributed by atoms with Crippen LogP contribution in [0.25, 0.3) is 11.3 Å². The monoisotopic (exact) mass is 412 g/mol. The number of anilines is 1. The van der Waals surface area contributed by atoms with Gasteiger partial charge in [0.25, 0.3) is 0 Å². The van der Waals surface area contributed by atoms with Gasteiger partial charge in [0.1, 0.15) is 16.9 Å². The van der Waals surface area contributed by atoms with E-state index in [-0.39, 0.29) is 4.90 Å². The summed E-state index contributed by atoms with van der Waals surface area (Å²) in [7, 11) is -3.25. The van der Waals surface area contributed by atoms with E-state index in [2.05, 4.69) is 21.4 Å². The summed E-state index contributed by atoms with van der Waals surface area (Å²) in [6, 6.07) is 10.7. The number of benzene rings is 1. The Bertz CT molecular complexity index is 1140. The van der Waals surface area contributed by atoms with Gasteiger partial charge >= 0.3 is 0 Å². The van der Waals surface area contributed by atoms with Crippen molar-refractivity contribution in [1.29, 1.82) is 5.26 Å². The van der Waals surface area contributed by atoms with Gasteiger partial charge in [0.2, 0.25) is 0 Å². The molecule has 0 saturated carbocycles. The number of aromatic nitrogens is 2. The van der Waals surface area contributed by atoms with Crippen LogP contribution < -0.4 is 5.32 Å². The molecule has 1 N–H and O–H groups in total. The molecule has 0 fully saturated rings. The second-order valence-electron chi connectivity index (χ2n) is 6.39. The molecule has 3 aromatic rings. The maximum absolute atomic E-state index is 11.7. The quantitative estimate of drug-likeness (QED) is 0.658. The number of hydrogen-bond donors (Lipinski definition) is 1. The molecule has 3 rings (SSSR count). The van der Waals surface area contributed by atoms with Crippen molar-refractivity contribution in [2.45, 2.75) is 31.7 Å². The fraction of sp³-hybridized carbons (Fsp3) is 0.250. The highest BCUT2D eigenvalue weighted by Crippen LogP contribution is 2.27. The minimum Gasteiger partial charge on any atom is -0.362 e. The summed E-state index contributed by atoms with van der Waals surface area (Å²) in [5, 5.41) is 15.7. The highest BCUT2D eigenvalue weighted by molar-refractivity contribution is 7.90. The molecule has 144 valence electrons. The number of nitrogens with zero attached hydrogens (tertiary/aromatic N) is 3. The Kier molecular flexibility index (Phi) is 5.77. The molecule has 1 aromatic carbocycles. The first-order chi connectivity index (χ1) is 13.3. The summed E-state index contributed by atoms with van der Waals surface area (Å²) in [6.45, 7) is 4.41. The normalized spacial score (nSPS) is 11.2. The predicted molar refractivity (Wildman–Crippen MR) is 111 cm³/mol.